The van der Waals surface area contributed by atoms with Crippen molar-refractivity contribution in [2.75, 3.05) is 12.4 Å². The summed E-state index contributed by atoms with van der Waals surface area (Å²) in [5.41, 5.74) is 1.61. The number of nitrogens with one attached hydrogen (secondary N) is 1. The molecule has 0 spiro atoms. The Labute approximate surface area is 136 Å². The van der Waals surface area contributed by atoms with Crippen LogP contribution in [0, 0.1) is 0 Å². The molecule has 2 rings (SSSR count). The smallest absolute Gasteiger partial charge is 0.340 e. The molecule has 2 aromatic rings. The van der Waals surface area contributed by atoms with Gasteiger partial charge in [0.25, 0.3) is 0 Å². The van der Waals surface area contributed by atoms with Gasteiger partial charge in [-0.25, -0.2) is 4.79 Å². The lowest BCUT2D eigenvalue weighted by molar-refractivity contribution is -0.111. The molecule has 0 radical (unpaired) electrons. The molecule has 112 valence electrons. The second-order valence-corrected chi connectivity index (χ2v) is 5.33. The summed E-state index contributed by atoms with van der Waals surface area (Å²) < 4.78 is 5.44. The molecule has 22 heavy (non-hydrogen) atoms. The van der Waals surface area contributed by atoms with Crippen LogP contribution in [-0.2, 0) is 9.53 Å². The third kappa shape index (κ3) is 4.30. The van der Waals surface area contributed by atoms with E-state index in [0.717, 1.165) is 10.0 Å². The van der Waals surface area contributed by atoms with Gasteiger partial charge in [-0.15, -0.1) is 0 Å². The Balaban J connectivity index is 2.15. The number of esters is 1. The lowest BCUT2D eigenvalue weighted by Crippen LogP contribution is -2.13. The van der Waals surface area contributed by atoms with Gasteiger partial charge in [-0.2, -0.15) is 0 Å². The van der Waals surface area contributed by atoms with Crippen LogP contribution in [0.3, 0.4) is 0 Å². The first-order chi connectivity index (χ1) is 10.6. The summed E-state index contributed by atoms with van der Waals surface area (Å²) >= 11 is 3.29. The van der Waals surface area contributed by atoms with E-state index < -0.39 is 5.97 Å². The summed E-state index contributed by atoms with van der Waals surface area (Å²) in [6, 6.07) is 14.5. The van der Waals surface area contributed by atoms with Gasteiger partial charge in [-0.05, 0) is 29.8 Å². The lowest BCUT2D eigenvalue weighted by atomic mass is 10.1. The van der Waals surface area contributed by atoms with Crippen molar-refractivity contribution >= 4 is 39.6 Å². The maximum Gasteiger partial charge on any atom is 0.340 e. The highest BCUT2D eigenvalue weighted by molar-refractivity contribution is 9.10. The molecule has 0 aromatic heterocycles. The summed E-state index contributed by atoms with van der Waals surface area (Å²) in [6.07, 6.45) is 3.12. The van der Waals surface area contributed by atoms with Crippen molar-refractivity contribution in [1.29, 1.82) is 0 Å². The largest absolute Gasteiger partial charge is 0.465 e. The predicted octanol–water partition coefficient (Wildman–Crippen LogP) is 3.89. The molecule has 1 N–H and O–H groups in total. The van der Waals surface area contributed by atoms with Crippen molar-refractivity contribution in [3.05, 3.63) is 70.2 Å². The molecule has 5 heteroatoms. The van der Waals surface area contributed by atoms with E-state index in [1.54, 1.807) is 24.3 Å². The maximum absolute atomic E-state index is 12.0. The van der Waals surface area contributed by atoms with E-state index >= 15 is 0 Å². The number of ether oxygens (including phenoxy) is 1. The van der Waals surface area contributed by atoms with Gasteiger partial charge in [0.15, 0.2) is 0 Å². The highest BCUT2D eigenvalue weighted by Crippen LogP contribution is 2.22. The second kappa shape index (κ2) is 7.56. The highest BCUT2D eigenvalue weighted by Gasteiger charge is 2.13. The van der Waals surface area contributed by atoms with Crippen molar-refractivity contribution in [3.63, 3.8) is 0 Å². The first-order valence-electron chi connectivity index (χ1n) is 6.52. The molecule has 0 saturated carbocycles. The van der Waals surface area contributed by atoms with Crippen molar-refractivity contribution in [2.24, 2.45) is 0 Å². The van der Waals surface area contributed by atoms with Crippen LogP contribution >= 0.6 is 15.9 Å². The van der Waals surface area contributed by atoms with Crippen LogP contribution in [-0.4, -0.2) is 19.0 Å². The predicted molar refractivity (Wildman–Crippen MR) is 89.6 cm³/mol. The normalized spacial score (nSPS) is 10.5. The molecule has 0 aliphatic carbocycles. The molecular formula is C17H14BrNO3. The lowest BCUT2D eigenvalue weighted by Gasteiger charge is -2.08. The zero-order valence-electron chi connectivity index (χ0n) is 11.9. The zero-order valence-corrected chi connectivity index (χ0v) is 13.5. The van der Waals surface area contributed by atoms with Crippen LogP contribution in [0.4, 0.5) is 5.69 Å². The number of carbonyl (C=O) groups is 2. The van der Waals surface area contributed by atoms with Crippen LogP contribution in [0.2, 0.25) is 0 Å². The van der Waals surface area contributed by atoms with E-state index in [-0.39, 0.29) is 5.91 Å². The Morgan fingerprint density at radius 2 is 1.86 bits per heavy atom. The Morgan fingerprint density at radius 1 is 1.14 bits per heavy atom. The Morgan fingerprint density at radius 3 is 2.55 bits per heavy atom. The molecule has 0 atom stereocenters. The number of methoxy groups -OCH3 is 1. The molecule has 0 aliphatic heterocycles. The van der Waals surface area contributed by atoms with Crippen LogP contribution in [0.25, 0.3) is 6.08 Å². The molecule has 1 amide bonds. The van der Waals surface area contributed by atoms with Gasteiger partial charge >= 0.3 is 5.97 Å². The minimum atomic E-state index is -0.511. The molecule has 2 aromatic carbocycles. The number of rotatable bonds is 4. The number of amides is 1. The number of benzene rings is 2. The van der Waals surface area contributed by atoms with Gasteiger partial charge < -0.3 is 10.1 Å². The first-order valence-corrected chi connectivity index (χ1v) is 7.31. The highest BCUT2D eigenvalue weighted by atomic mass is 79.9. The van der Waals surface area contributed by atoms with Crippen LogP contribution in [0.5, 0.6) is 0 Å². The van der Waals surface area contributed by atoms with Gasteiger partial charge in [0.05, 0.1) is 18.4 Å². The molecule has 0 saturated heterocycles. The van der Waals surface area contributed by atoms with Crippen LogP contribution in [0.15, 0.2) is 59.1 Å². The van der Waals surface area contributed by atoms with Crippen LogP contribution in [0.1, 0.15) is 15.9 Å². The standard InChI is InChI=1S/C17H14BrNO3/c1-22-17(21)14-11-13(18)8-9-15(14)19-16(20)10-7-12-5-3-2-4-6-12/h2-11H,1H3,(H,19,20)/b10-7+. The molecule has 0 heterocycles. The molecular weight excluding hydrogens is 346 g/mol. The van der Waals surface area contributed by atoms with Gasteiger partial charge in [0, 0.05) is 10.5 Å². The number of carbonyl (C=O) groups excluding carboxylic acids is 2. The van der Waals surface area contributed by atoms with E-state index in [2.05, 4.69) is 21.2 Å². The Kier molecular flexibility index (Phi) is 5.49. The second-order valence-electron chi connectivity index (χ2n) is 4.41. The SMILES string of the molecule is COC(=O)c1cc(Br)ccc1NC(=O)/C=C/c1ccccc1. The van der Waals surface area contributed by atoms with Crippen molar-refractivity contribution < 1.29 is 14.3 Å². The van der Waals surface area contributed by atoms with Gasteiger partial charge in [0.1, 0.15) is 0 Å². The minimum Gasteiger partial charge on any atom is -0.465 e. The Hall–Kier alpha value is -2.40. The molecule has 0 aliphatic rings. The zero-order chi connectivity index (χ0) is 15.9. The van der Waals surface area contributed by atoms with Crippen molar-refractivity contribution in [3.8, 4) is 0 Å². The van der Waals surface area contributed by atoms with Gasteiger partial charge in [-0.3, -0.25) is 4.79 Å². The van der Waals surface area contributed by atoms with Gasteiger partial charge in [0.2, 0.25) is 5.91 Å². The topological polar surface area (TPSA) is 55.4 Å². The maximum atomic E-state index is 12.0. The summed E-state index contributed by atoms with van der Waals surface area (Å²) in [4.78, 5) is 23.7. The molecule has 0 fully saturated rings. The molecule has 0 bridgehead atoms. The summed E-state index contributed by atoms with van der Waals surface area (Å²) in [6.45, 7) is 0. The quantitative estimate of drug-likeness (QED) is 0.665. The number of anilines is 1. The van der Waals surface area contributed by atoms with E-state index in [9.17, 15) is 9.59 Å². The monoisotopic (exact) mass is 359 g/mol. The van der Waals surface area contributed by atoms with E-state index in [0.29, 0.717) is 11.3 Å². The van der Waals surface area contributed by atoms with Crippen molar-refractivity contribution in [1.82, 2.24) is 0 Å². The number of hydrogen-bond acceptors (Lipinski definition) is 3. The van der Waals surface area contributed by atoms with Crippen LogP contribution < -0.4 is 5.32 Å². The average molecular weight is 360 g/mol. The molecule has 0 unspecified atom stereocenters. The fourth-order valence-electron chi connectivity index (χ4n) is 1.81. The first kappa shape index (κ1) is 16.0. The summed E-state index contributed by atoms with van der Waals surface area (Å²) in [5, 5.41) is 2.68. The number of hydrogen-bond donors (Lipinski definition) is 1. The van der Waals surface area contributed by atoms with E-state index in [1.807, 2.05) is 30.3 Å². The third-order valence-corrected chi connectivity index (χ3v) is 3.36. The fraction of sp³-hybridized carbons (Fsp3) is 0.0588. The average Bonchev–Trinajstić information content (AvgIpc) is 2.55. The van der Waals surface area contributed by atoms with Crippen molar-refractivity contribution in [2.45, 2.75) is 0 Å². The fourth-order valence-corrected chi connectivity index (χ4v) is 2.18. The third-order valence-electron chi connectivity index (χ3n) is 2.87. The van der Waals surface area contributed by atoms with E-state index in [4.69, 9.17) is 4.74 Å². The summed E-state index contributed by atoms with van der Waals surface area (Å²) in [5.74, 6) is -0.833. The van der Waals surface area contributed by atoms with Gasteiger partial charge in [-0.1, -0.05) is 46.3 Å². The number of halogens is 1. The summed E-state index contributed by atoms with van der Waals surface area (Å²) in [7, 11) is 1.30. The van der Waals surface area contributed by atoms with E-state index in [1.165, 1.54) is 13.2 Å². The Bertz CT molecular complexity index is 711. The molecule has 4 nitrogen and oxygen atoms in total. The minimum absolute atomic E-state index is 0.290.